The Morgan fingerprint density at radius 3 is 2.80 bits per heavy atom. The summed E-state index contributed by atoms with van der Waals surface area (Å²) < 4.78 is 1.80. The number of anilines is 1. The number of nitrogens with zero attached hydrogens (tertiary/aromatic N) is 3. The SMILES string of the molecule is Cc1ccc(NC(=O)c2cc3c(C)nn(C)c3s2)nc1. The number of aromatic nitrogens is 3. The molecule has 3 aromatic rings. The summed E-state index contributed by atoms with van der Waals surface area (Å²) in [6, 6.07) is 5.60. The van der Waals surface area contributed by atoms with Crippen molar-refractivity contribution in [3.05, 3.63) is 40.5 Å². The van der Waals surface area contributed by atoms with Crippen LogP contribution in [0, 0.1) is 13.8 Å². The molecule has 0 aliphatic heterocycles. The first-order valence-electron chi connectivity index (χ1n) is 6.22. The molecule has 0 unspecified atom stereocenters. The van der Waals surface area contributed by atoms with E-state index in [-0.39, 0.29) is 5.91 Å². The lowest BCUT2D eigenvalue weighted by Gasteiger charge is -2.02. The molecule has 1 amide bonds. The van der Waals surface area contributed by atoms with Crippen molar-refractivity contribution < 1.29 is 4.79 Å². The summed E-state index contributed by atoms with van der Waals surface area (Å²) in [5.41, 5.74) is 2.00. The Hall–Kier alpha value is -2.21. The van der Waals surface area contributed by atoms with Crippen molar-refractivity contribution in [1.82, 2.24) is 14.8 Å². The normalized spacial score (nSPS) is 10.9. The monoisotopic (exact) mass is 286 g/mol. The summed E-state index contributed by atoms with van der Waals surface area (Å²) >= 11 is 1.44. The number of fused-ring (bicyclic) bond motifs is 1. The Morgan fingerprint density at radius 2 is 2.15 bits per heavy atom. The van der Waals surface area contributed by atoms with E-state index in [0.29, 0.717) is 10.7 Å². The second kappa shape index (κ2) is 4.72. The Morgan fingerprint density at radius 1 is 1.35 bits per heavy atom. The van der Waals surface area contributed by atoms with Gasteiger partial charge in [-0.05, 0) is 31.5 Å². The molecule has 0 atom stereocenters. The van der Waals surface area contributed by atoms with Crippen LogP contribution in [0.15, 0.2) is 24.4 Å². The first-order valence-corrected chi connectivity index (χ1v) is 7.03. The van der Waals surface area contributed by atoms with E-state index in [0.717, 1.165) is 21.5 Å². The molecule has 0 saturated carbocycles. The van der Waals surface area contributed by atoms with Crippen molar-refractivity contribution >= 4 is 33.3 Å². The summed E-state index contributed by atoms with van der Waals surface area (Å²) in [6.45, 7) is 3.90. The predicted octanol–water partition coefficient (Wildman–Crippen LogP) is 2.90. The fourth-order valence-corrected chi connectivity index (χ4v) is 3.06. The molecule has 0 spiro atoms. The number of rotatable bonds is 2. The molecule has 102 valence electrons. The molecular formula is C14H14N4OS. The van der Waals surface area contributed by atoms with Crippen molar-refractivity contribution in [1.29, 1.82) is 0 Å². The van der Waals surface area contributed by atoms with Gasteiger partial charge in [-0.1, -0.05) is 6.07 Å². The molecular weight excluding hydrogens is 272 g/mol. The molecule has 20 heavy (non-hydrogen) atoms. The third kappa shape index (κ3) is 2.18. The van der Waals surface area contributed by atoms with E-state index in [1.54, 1.807) is 16.9 Å². The van der Waals surface area contributed by atoms with Crippen LogP contribution in [-0.2, 0) is 7.05 Å². The molecule has 3 rings (SSSR count). The topological polar surface area (TPSA) is 59.8 Å². The Balaban J connectivity index is 1.88. The molecule has 1 N–H and O–H groups in total. The van der Waals surface area contributed by atoms with Gasteiger partial charge in [0.15, 0.2) is 0 Å². The van der Waals surface area contributed by atoms with Crippen LogP contribution < -0.4 is 5.32 Å². The minimum atomic E-state index is -0.137. The van der Waals surface area contributed by atoms with Crippen LogP contribution in [0.2, 0.25) is 0 Å². The minimum absolute atomic E-state index is 0.137. The van der Waals surface area contributed by atoms with Gasteiger partial charge in [-0.15, -0.1) is 11.3 Å². The quantitative estimate of drug-likeness (QED) is 0.788. The highest BCUT2D eigenvalue weighted by atomic mass is 32.1. The lowest BCUT2D eigenvalue weighted by molar-refractivity contribution is 0.103. The molecule has 0 aliphatic rings. The smallest absolute Gasteiger partial charge is 0.266 e. The molecule has 0 aromatic carbocycles. The van der Waals surface area contributed by atoms with Gasteiger partial charge in [0.2, 0.25) is 0 Å². The Bertz CT molecular complexity index is 751. The van der Waals surface area contributed by atoms with Crippen molar-refractivity contribution in [2.45, 2.75) is 13.8 Å². The molecule has 0 saturated heterocycles. The zero-order chi connectivity index (χ0) is 14.3. The molecule has 0 bridgehead atoms. The average molecular weight is 286 g/mol. The van der Waals surface area contributed by atoms with E-state index in [4.69, 9.17) is 0 Å². The standard InChI is InChI=1S/C14H14N4OS/c1-8-4-5-12(15-7-8)16-13(19)11-6-10-9(2)17-18(3)14(10)20-11/h4-7H,1-3H3,(H,15,16,19). The lowest BCUT2D eigenvalue weighted by atomic mass is 10.3. The van der Waals surface area contributed by atoms with Gasteiger partial charge in [-0.25, -0.2) is 4.98 Å². The maximum absolute atomic E-state index is 12.2. The summed E-state index contributed by atoms with van der Waals surface area (Å²) in [7, 11) is 1.88. The summed E-state index contributed by atoms with van der Waals surface area (Å²) in [5.74, 6) is 0.426. The Kier molecular flexibility index (Phi) is 3.02. The largest absolute Gasteiger partial charge is 0.306 e. The van der Waals surface area contributed by atoms with Crippen molar-refractivity contribution in [2.75, 3.05) is 5.32 Å². The third-order valence-electron chi connectivity index (χ3n) is 3.07. The lowest BCUT2D eigenvalue weighted by Crippen LogP contribution is -2.11. The maximum Gasteiger partial charge on any atom is 0.266 e. The van der Waals surface area contributed by atoms with E-state index in [1.807, 2.05) is 33.0 Å². The summed E-state index contributed by atoms with van der Waals surface area (Å²) in [6.07, 6.45) is 1.73. The second-order valence-electron chi connectivity index (χ2n) is 4.71. The Labute approximate surface area is 120 Å². The molecule has 0 fully saturated rings. The van der Waals surface area contributed by atoms with E-state index >= 15 is 0 Å². The van der Waals surface area contributed by atoms with Crippen LogP contribution >= 0.6 is 11.3 Å². The van der Waals surface area contributed by atoms with Crippen molar-refractivity contribution in [3.63, 3.8) is 0 Å². The van der Waals surface area contributed by atoms with Gasteiger partial charge in [0.1, 0.15) is 10.6 Å². The number of hydrogen-bond donors (Lipinski definition) is 1. The first-order chi connectivity index (χ1) is 9.54. The van der Waals surface area contributed by atoms with Gasteiger partial charge in [-0.2, -0.15) is 5.10 Å². The maximum atomic E-state index is 12.2. The number of carbonyl (C=O) groups is 1. The molecule has 3 heterocycles. The van der Waals surface area contributed by atoms with Gasteiger partial charge >= 0.3 is 0 Å². The van der Waals surface area contributed by atoms with Crippen molar-refractivity contribution in [2.24, 2.45) is 7.05 Å². The van der Waals surface area contributed by atoms with E-state index in [9.17, 15) is 4.79 Å². The molecule has 0 radical (unpaired) electrons. The zero-order valence-corrected chi connectivity index (χ0v) is 12.3. The fraction of sp³-hybridized carbons (Fsp3) is 0.214. The van der Waals surface area contributed by atoms with Gasteiger partial charge in [0, 0.05) is 18.6 Å². The molecule has 5 nitrogen and oxygen atoms in total. The van der Waals surface area contributed by atoms with E-state index < -0.39 is 0 Å². The van der Waals surface area contributed by atoms with Gasteiger partial charge in [0.05, 0.1) is 10.6 Å². The van der Waals surface area contributed by atoms with Gasteiger partial charge < -0.3 is 5.32 Å². The zero-order valence-electron chi connectivity index (χ0n) is 11.5. The fourth-order valence-electron chi connectivity index (χ4n) is 2.04. The van der Waals surface area contributed by atoms with Crippen LogP contribution in [0.4, 0.5) is 5.82 Å². The van der Waals surface area contributed by atoms with Crippen molar-refractivity contribution in [3.8, 4) is 0 Å². The van der Waals surface area contributed by atoms with E-state index in [1.165, 1.54) is 11.3 Å². The molecule has 3 aromatic heterocycles. The number of carbonyl (C=O) groups excluding carboxylic acids is 1. The second-order valence-corrected chi connectivity index (χ2v) is 5.74. The molecule has 0 aliphatic carbocycles. The minimum Gasteiger partial charge on any atom is -0.306 e. The van der Waals surface area contributed by atoms with E-state index in [2.05, 4.69) is 15.4 Å². The average Bonchev–Trinajstić information content (AvgIpc) is 2.95. The van der Waals surface area contributed by atoms with Gasteiger partial charge in [-0.3, -0.25) is 9.48 Å². The third-order valence-corrected chi connectivity index (χ3v) is 4.27. The summed E-state index contributed by atoms with van der Waals surface area (Å²) in [5, 5.41) is 8.16. The highest BCUT2D eigenvalue weighted by molar-refractivity contribution is 7.20. The number of nitrogens with one attached hydrogen (secondary N) is 1. The highest BCUT2D eigenvalue weighted by Gasteiger charge is 2.15. The van der Waals surface area contributed by atoms with Crippen LogP contribution in [0.5, 0.6) is 0 Å². The predicted molar refractivity (Wildman–Crippen MR) is 80.3 cm³/mol. The number of aryl methyl sites for hydroxylation is 3. The summed E-state index contributed by atoms with van der Waals surface area (Å²) in [4.78, 5) is 18.1. The number of thiophene rings is 1. The highest BCUT2D eigenvalue weighted by Crippen LogP contribution is 2.28. The van der Waals surface area contributed by atoms with Gasteiger partial charge in [0.25, 0.3) is 5.91 Å². The number of amides is 1. The number of pyridine rings is 1. The first kappa shape index (κ1) is 12.8. The van der Waals surface area contributed by atoms with Crippen LogP contribution in [0.25, 0.3) is 10.2 Å². The van der Waals surface area contributed by atoms with Crippen LogP contribution in [0.3, 0.4) is 0 Å². The van der Waals surface area contributed by atoms with Crippen LogP contribution in [-0.4, -0.2) is 20.7 Å². The van der Waals surface area contributed by atoms with Crippen LogP contribution in [0.1, 0.15) is 20.9 Å². The number of hydrogen-bond acceptors (Lipinski definition) is 4. The molecule has 6 heteroatoms.